The van der Waals surface area contributed by atoms with Crippen molar-refractivity contribution in [2.75, 3.05) is 5.43 Å². The van der Waals surface area contributed by atoms with Gasteiger partial charge in [0.05, 0.1) is 9.40 Å². The Kier molecular flexibility index (Phi) is 2.56. The highest BCUT2D eigenvalue weighted by atomic mass is 79.9. The van der Waals surface area contributed by atoms with Gasteiger partial charge in [0.15, 0.2) is 5.82 Å². The highest BCUT2D eigenvalue weighted by Crippen LogP contribution is 2.23. The van der Waals surface area contributed by atoms with E-state index in [4.69, 9.17) is 5.84 Å². The minimum atomic E-state index is -0.530. The van der Waals surface area contributed by atoms with Crippen LogP contribution in [-0.2, 0) is 0 Å². The van der Waals surface area contributed by atoms with Gasteiger partial charge in [0.1, 0.15) is 6.20 Å². The van der Waals surface area contributed by atoms with E-state index in [1.165, 1.54) is 6.07 Å². The number of nitrogens with one attached hydrogen (secondary N) is 1. The van der Waals surface area contributed by atoms with Crippen LogP contribution in [-0.4, -0.2) is 9.91 Å². The predicted octanol–water partition coefficient (Wildman–Crippen LogP) is 1.04. The normalized spacial score (nSPS) is 9.50. The van der Waals surface area contributed by atoms with Crippen LogP contribution in [0.25, 0.3) is 0 Å². The number of anilines is 1. The summed E-state index contributed by atoms with van der Waals surface area (Å²) < 4.78 is 0.458. The van der Waals surface area contributed by atoms with Crippen LogP contribution in [0.3, 0.4) is 0 Å². The van der Waals surface area contributed by atoms with Crippen molar-refractivity contribution in [3.63, 3.8) is 0 Å². The molecule has 7 heteroatoms. The molecule has 64 valence electrons. The van der Waals surface area contributed by atoms with Gasteiger partial charge in [0, 0.05) is 6.07 Å². The molecular formula is C5H5BrN4O2. The molecule has 0 aliphatic heterocycles. The topological polar surface area (TPSA) is 94.1 Å². The van der Waals surface area contributed by atoms with Crippen LogP contribution in [0.5, 0.6) is 0 Å². The molecule has 1 heterocycles. The highest BCUT2D eigenvalue weighted by Gasteiger charge is 2.08. The summed E-state index contributed by atoms with van der Waals surface area (Å²) in [6.45, 7) is 0. The lowest BCUT2D eigenvalue weighted by Crippen LogP contribution is -2.09. The molecule has 3 N–H and O–H groups in total. The van der Waals surface area contributed by atoms with Crippen LogP contribution >= 0.6 is 15.9 Å². The van der Waals surface area contributed by atoms with Gasteiger partial charge < -0.3 is 5.43 Å². The Balaban J connectivity index is 3.10. The molecule has 0 aromatic carbocycles. The van der Waals surface area contributed by atoms with Crippen LogP contribution in [0.2, 0.25) is 0 Å². The molecule has 0 unspecified atom stereocenters. The number of pyridine rings is 1. The molecule has 0 saturated carbocycles. The number of hydrazine groups is 1. The molecule has 0 aliphatic carbocycles. The predicted molar refractivity (Wildman–Crippen MR) is 46.4 cm³/mol. The Hall–Kier alpha value is -1.21. The Labute approximate surface area is 76.0 Å². The third kappa shape index (κ3) is 1.69. The average molecular weight is 233 g/mol. The molecule has 0 radical (unpaired) electrons. The van der Waals surface area contributed by atoms with Crippen LogP contribution in [0.4, 0.5) is 11.5 Å². The molecule has 1 rings (SSSR count). The van der Waals surface area contributed by atoms with Gasteiger partial charge in [0.2, 0.25) is 0 Å². The summed E-state index contributed by atoms with van der Waals surface area (Å²) in [5.74, 6) is 5.43. The zero-order valence-electron chi connectivity index (χ0n) is 5.82. The summed E-state index contributed by atoms with van der Waals surface area (Å²) >= 11 is 3.07. The standard InChI is InChI=1S/C5H5BrN4O2/c6-4-1-3(10(11)12)2-8-5(4)9-7/h1-2H,7H2,(H,8,9). The monoisotopic (exact) mass is 232 g/mol. The van der Waals surface area contributed by atoms with E-state index in [2.05, 4.69) is 26.3 Å². The van der Waals surface area contributed by atoms with Gasteiger partial charge in [0.25, 0.3) is 5.69 Å². The van der Waals surface area contributed by atoms with Crippen molar-refractivity contribution < 1.29 is 4.92 Å². The Morgan fingerprint density at radius 3 is 2.83 bits per heavy atom. The SMILES string of the molecule is NNc1ncc([N+](=O)[O-])cc1Br. The summed E-state index contributed by atoms with van der Waals surface area (Å²) in [6, 6.07) is 1.32. The molecule has 0 aliphatic rings. The fourth-order valence-electron chi connectivity index (χ4n) is 0.634. The molecule has 0 amide bonds. The second-order valence-corrected chi connectivity index (χ2v) is 2.78. The van der Waals surface area contributed by atoms with Gasteiger partial charge in [-0.25, -0.2) is 10.8 Å². The second kappa shape index (κ2) is 3.46. The van der Waals surface area contributed by atoms with Crippen molar-refractivity contribution in [2.45, 2.75) is 0 Å². The zero-order chi connectivity index (χ0) is 9.14. The van der Waals surface area contributed by atoms with Gasteiger partial charge in [-0.05, 0) is 15.9 Å². The first-order valence-electron chi connectivity index (χ1n) is 2.91. The third-order valence-electron chi connectivity index (χ3n) is 1.17. The van der Waals surface area contributed by atoms with Crippen LogP contribution < -0.4 is 11.3 Å². The summed E-state index contributed by atoms with van der Waals surface area (Å²) in [5, 5.41) is 10.2. The quantitative estimate of drug-likeness (QED) is 0.452. The van der Waals surface area contributed by atoms with E-state index >= 15 is 0 Å². The first kappa shape index (κ1) is 8.88. The molecule has 1 aromatic heterocycles. The van der Waals surface area contributed by atoms with Crippen molar-refractivity contribution in [2.24, 2.45) is 5.84 Å². The minimum Gasteiger partial charge on any atom is -0.308 e. The molecule has 0 bridgehead atoms. The number of nitrogens with two attached hydrogens (primary N) is 1. The molecule has 0 spiro atoms. The van der Waals surface area contributed by atoms with Gasteiger partial charge in [-0.1, -0.05) is 0 Å². The minimum absolute atomic E-state index is 0.0825. The van der Waals surface area contributed by atoms with Gasteiger partial charge in [-0.3, -0.25) is 10.1 Å². The Morgan fingerprint density at radius 1 is 1.75 bits per heavy atom. The maximum absolute atomic E-state index is 10.2. The molecule has 0 fully saturated rings. The molecule has 0 saturated heterocycles. The largest absolute Gasteiger partial charge is 0.308 e. The van der Waals surface area contributed by atoms with Gasteiger partial charge in [-0.15, -0.1) is 0 Å². The lowest BCUT2D eigenvalue weighted by Gasteiger charge is -1.99. The summed E-state index contributed by atoms with van der Waals surface area (Å²) in [7, 11) is 0. The second-order valence-electron chi connectivity index (χ2n) is 1.93. The van der Waals surface area contributed by atoms with E-state index in [1.807, 2.05) is 0 Å². The number of halogens is 1. The molecule has 6 nitrogen and oxygen atoms in total. The van der Waals surface area contributed by atoms with Crippen molar-refractivity contribution in [3.8, 4) is 0 Å². The maximum atomic E-state index is 10.2. The zero-order valence-corrected chi connectivity index (χ0v) is 7.41. The smallest absolute Gasteiger partial charge is 0.288 e. The molecule has 1 aromatic rings. The number of nitrogens with zero attached hydrogens (tertiary/aromatic N) is 2. The van der Waals surface area contributed by atoms with Crippen molar-refractivity contribution in [3.05, 3.63) is 26.9 Å². The van der Waals surface area contributed by atoms with Gasteiger partial charge >= 0.3 is 0 Å². The van der Waals surface area contributed by atoms with E-state index in [1.54, 1.807) is 0 Å². The number of nitrogen functional groups attached to an aromatic ring is 1. The number of hydrogen-bond donors (Lipinski definition) is 2. The molecule has 0 atom stereocenters. The van der Waals surface area contributed by atoms with E-state index in [9.17, 15) is 10.1 Å². The van der Waals surface area contributed by atoms with Crippen LogP contribution in [0, 0.1) is 10.1 Å². The first-order chi connectivity index (χ1) is 5.65. The molecule has 12 heavy (non-hydrogen) atoms. The fourth-order valence-corrected chi connectivity index (χ4v) is 1.09. The van der Waals surface area contributed by atoms with Crippen LogP contribution in [0.15, 0.2) is 16.7 Å². The summed E-state index contributed by atoms with van der Waals surface area (Å²) in [6.07, 6.45) is 1.12. The first-order valence-corrected chi connectivity index (χ1v) is 3.71. The lowest BCUT2D eigenvalue weighted by atomic mass is 10.4. The van der Waals surface area contributed by atoms with Crippen molar-refractivity contribution in [1.82, 2.24) is 4.98 Å². The Bertz CT molecular complexity index is 316. The molecular weight excluding hydrogens is 228 g/mol. The number of aromatic nitrogens is 1. The number of nitro groups is 1. The fraction of sp³-hybridized carbons (Fsp3) is 0. The Morgan fingerprint density at radius 2 is 2.42 bits per heavy atom. The van der Waals surface area contributed by atoms with E-state index in [-0.39, 0.29) is 5.69 Å². The van der Waals surface area contributed by atoms with Crippen molar-refractivity contribution >= 4 is 27.4 Å². The third-order valence-corrected chi connectivity index (χ3v) is 1.78. The van der Waals surface area contributed by atoms with E-state index < -0.39 is 4.92 Å². The van der Waals surface area contributed by atoms with Crippen molar-refractivity contribution in [1.29, 1.82) is 0 Å². The van der Waals surface area contributed by atoms with E-state index in [0.29, 0.717) is 10.3 Å². The average Bonchev–Trinajstić information content (AvgIpc) is 2.04. The lowest BCUT2D eigenvalue weighted by molar-refractivity contribution is -0.385. The van der Waals surface area contributed by atoms with Crippen LogP contribution in [0.1, 0.15) is 0 Å². The van der Waals surface area contributed by atoms with E-state index in [0.717, 1.165) is 6.20 Å². The highest BCUT2D eigenvalue weighted by molar-refractivity contribution is 9.10. The number of hydrogen-bond acceptors (Lipinski definition) is 5. The summed E-state index contributed by atoms with van der Waals surface area (Å²) in [4.78, 5) is 13.4. The summed E-state index contributed by atoms with van der Waals surface area (Å²) in [5.41, 5.74) is 2.20. The van der Waals surface area contributed by atoms with Gasteiger partial charge in [-0.2, -0.15) is 0 Å². The number of rotatable bonds is 2. The maximum Gasteiger partial charge on any atom is 0.288 e.